The molecule has 9 nitrogen and oxygen atoms in total. The van der Waals surface area contributed by atoms with Gasteiger partial charge in [-0.15, -0.1) is 10.2 Å². The van der Waals surface area contributed by atoms with Gasteiger partial charge in [0.2, 0.25) is 11.9 Å². The average molecular weight is 462 g/mol. The Balaban J connectivity index is 1.28. The Hall–Kier alpha value is -3.22. The minimum Gasteiger partial charge on any atom is -0.339 e. The van der Waals surface area contributed by atoms with E-state index in [9.17, 15) is 5.26 Å². The van der Waals surface area contributed by atoms with E-state index in [1.807, 2.05) is 38.1 Å². The van der Waals surface area contributed by atoms with Gasteiger partial charge in [0.15, 0.2) is 5.82 Å². The second kappa shape index (κ2) is 7.14. The van der Waals surface area contributed by atoms with Crippen molar-refractivity contribution in [3.8, 4) is 11.8 Å². The largest absolute Gasteiger partial charge is 0.339 e. The second-order valence-electron chi connectivity index (χ2n) is 9.81. The van der Waals surface area contributed by atoms with Crippen molar-refractivity contribution in [3.63, 3.8) is 0 Å². The summed E-state index contributed by atoms with van der Waals surface area (Å²) < 4.78 is 2.14. The summed E-state index contributed by atoms with van der Waals surface area (Å²) in [7, 11) is 0. The molecule has 0 unspecified atom stereocenters. The zero-order chi connectivity index (χ0) is 22.8. The van der Waals surface area contributed by atoms with Gasteiger partial charge in [-0.1, -0.05) is 11.6 Å². The summed E-state index contributed by atoms with van der Waals surface area (Å²) in [6.07, 6.45) is 3.57. The maximum absolute atomic E-state index is 9.74. The molecular weight excluding hydrogens is 438 g/mol. The van der Waals surface area contributed by atoms with E-state index < -0.39 is 5.54 Å². The lowest BCUT2D eigenvalue weighted by Crippen LogP contribution is -2.73. The molecule has 0 bridgehead atoms. The monoisotopic (exact) mass is 461 g/mol. The molecule has 3 aliphatic heterocycles. The quantitative estimate of drug-likeness (QED) is 0.588. The van der Waals surface area contributed by atoms with Crippen molar-refractivity contribution < 1.29 is 0 Å². The molecule has 1 spiro atoms. The number of rotatable bonds is 3. The highest BCUT2D eigenvalue weighted by atomic mass is 35.5. The summed E-state index contributed by atoms with van der Waals surface area (Å²) in [6.45, 7) is 8.77. The normalized spacial score (nSPS) is 19.2. The lowest BCUT2D eigenvalue weighted by molar-refractivity contribution is 0.147. The molecule has 6 rings (SSSR count). The smallest absolute Gasteiger partial charge is 0.231 e. The first kappa shape index (κ1) is 20.4. The molecule has 168 valence electrons. The summed E-state index contributed by atoms with van der Waals surface area (Å²) in [6, 6.07) is 10.2. The molecule has 3 aromatic rings. The van der Waals surface area contributed by atoms with E-state index in [1.165, 1.54) is 0 Å². The predicted molar refractivity (Wildman–Crippen MR) is 124 cm³/mol. The van der Waals surface area contributed by atoms with E-state index in [4.69, 9.17) is 11.6 Å². The average Bonchev–Trinajstić information content (AvgIpc) is 3.07. The molecule has 3 aliphatic rings. The van der Waals surface area contributed by atoms with E-state index in [0.717, 1.165) is 55.2 Å². The number of nitriles is 1. The summed E-state index contributed by atoms with van der Waals surface area (Å²) in [4.78, 5) is 15.4. The molecular formula is C23H24ClN9. The first-order chi connectivity index (χ1) is 15.9. The Bertz CT molecular complexity index is 1250. The SMILES string of the molecule is CC(C)(C#N)N1Cc2cc(Cl)ccc2-n2c(nnc2N2CC3(CN(c4ncccn4)C3)C2)C1. The molecule has 2 fully saturated rings. The van der Waals surface area contributed by atoms with Crippen LogP contribution in [0.15, 0.2) is 36.7 Å². The fourth-order valence-corrected chi connectivity index (χ4v) is 5.32. The van der Waals surface area contributed by atoms with Crippen molar-refractivity contribution in [2.24, 2.45) is 5.41 Å². The summed E-state index contributed by atoms with van der Waals surface area (Å²) >= 11 is 6.35. The van der Waals surface area contributed by atoms with Gasteiger partial charge in [0.25, 0.3) is 0 Å². The Morgan fingerprint density at radius 2 is 1.76 bits per heavy atom. The van der Waals surface area contributed by atoms with Crippen molar-refractivity contribution in [2.45, 2.75) is 32.5 Å². The van der Waals surface area contributed by atoms with Gasteiger partial charge in [0, 0.05) is 55.6 Å². The Labute approximate surface area is 197 Å². The van der Waals surface area contributed by atoms with Crippen LogP contribution >= 0.6 is 11.6 Å². The van der Waals surface area contributed by atoms with Crippen molar-refractivity contribution in [2.75, 3.05) is 36.0 Å². The topological polar surface area (TPSA) is 90.0 Å². The van der Waals surface area contributed by atoms with Crippen LogP contribution in [0.5, 0.6) is 0 Å². The number of hydrogen-bond acceptors (Lipinski definition) is 8. The Kier molecular flexibility index (Phi) is 4.41. The number of fused-ring (bicyclic) bond motifs is 3. The summed E-state index contributed by atoms with van der Waals surface area (Å²) in [5.74, 6) is 2.48. The van der Waals surface area contributed by atoms with Crippen LogP contribution in [0.25, 0.3) is 5.69 Å². The molecule has 0 aliphatic carbocycles. The zero-order valence-corrected chi connectivity index (χ0v) is 19.4. The molecule has 10 heteroatoms. The van der Waals surface area contributed by atoms with Gasteiger partial charge >= 0.3 is 0 Å². The Morgan fingerprint density at radius 1 is 1.03 bits per heavy atom. The molecule has 0 radical (unpaired) electrons. The van der Waals surface area contributed by atoms with Gasteiger partial charge in [-0.3, -0.25) is 9.47 Å². The number of halogens is 1. The van der Waals surface area contributed by atoms with E-state index in [2.05, 4.69) is 45.5 Å². The molecule has 0 atom stereocenters. The highest BCUT2D eigenvalue weighted by Gasteiger charge is 2.54. The van der Waals surface area contributed by atoms with Gasteiger partial charge in [0.1, 0.15) is 5.54 Å². The van der Waals surface area contributed by atoms with Crippen LogP contribution < -0.4 is 9.80 Å². The molecule has 2 saturated heterocycles. The van der Waals surface area contributed by atoms with Crippen LogP contribution in [0.2, 0.25) is 5.02 Å². The third kappa shape index (κ3) is 3.24. The molecule has 33 heavy (non-hydrogen) atoms. The third-order valence-electron chi connectivity index (χ3n) is 6.98. The number of anilines is 2. The molecule has 0 amide bonds. The fourth-order valence-electron chi connectivity index (χ4n) is 5.12. The van der Waals surface area contributed by atoms with Crippen LogP contribution in [-0.4, -0.2) is 61.4 Å². The van der Waals surface area contributed by atoms with Gasteiger partial charge in [-0.2, -0.15) is 5.26 Å². The highest BCUT2D eigenvalue weighted by molar-refractivity contribution is 6.30. The maximum Gasteiger partial charge on any atom is 0.231 e. The molecule has 5 heterocycles. The van der Waals surface area contributed by atoms with E-state index in [0.29, 0.717) is 18.1 Å². The first-order valence-corrected chi connectivity index (χ1v) is 11.4. The Morgan fingerprint density at radius 3 is 2.48 bits per heavy atom. The van der Waals surface area contributed by atoms with E-state index in [1.54, 1.807) is 12.4 Å². The van der Waals surface area contributed by atoms with Gasteiger partial charge in [-0.05, 0) is 43.7 Å². The van der Waals surface area contributed by atoms with Crippen molar-refractivity contribution in [1.82, 2.24) is 29.6 Å². The van der Waals surface area contributed by atoms with Crippen LogP contribution in [-0.2, 0) is 13.1 Å². The van der Waals surface area contributed by atoms with E-state index in [-0.39, 0.29) is 5.41 Å². The molecule has 1 aromatic carbocycles. The zero-order valence-electron chi connectivity index (χ0n) is 18.6. The predicted octanol–water partition coefficient (Wildman–Crippen LogP) is 2.66. The standard InChI is InChI=1S/C23H24ClN9/c1-22(2,11-25)32-9-16-8-17(24)4-5-18(16)33-19(10-32)28-29-21(33)31-14-23(15-31)12-30(13-23)20-26-6-3-7-27-20/h3-8H,9-10,12-15H2,1-2H3. The van der Waals surface area contributed by atoms with Crippen molar-refractivity contribution >= 4 is 23.5 Å². The van der Waals surface area contributed by atoms with Crippen LogP contribution in [0, 0.1) is 16.7 Å². The highest BCUT2D eigenvalue weighted by Crippen LogP contribution is 2.43. The molecule has 0 N–H and O–H groups in total. The fraction of sp³-hybridized carbons (Fsp3) is 0.435. The molecule has 0 saturated carbocycles. The minimum absolute atomic E-state index is 0.244. The first-order valence-electron chi connectivity index (χ1n) is 11.0. The molecule has 2 aromatic heterocycles. The van der Waals surface area contributed by atoms with Gasteiger partial charge in [0.05, 0.1) is 18.3 Å². The van der Waals surface area contributed by atoms with Crippen LogP contribution in [0.3, 0.4) is 0 Å². The van der Waals surface area contributed by atoms with Crippen molar-refractivity contribution in [1.29, 1.82) is 5.26 Å². The van der Waals surface area contributed by atoms with Gasteiger partial charge < -0.3 is 9.80 Å². The number of nitrogens with zero attached hydrogens (tertiary/aromatic N) is 9. The van der Waals surface area contributed by atoms with Gasteiger partial charge in [-0.25, -0.2) is 9.97 Å². The lowest BCUT2D eigenvalue weighted by atomic mass is 9.73. The van der Waals surface area contributed by atoms with Crippen LogP contribution in [0.4, 0.5) is 11.9 Å². The minimum atomic E-state index is -0.642. The van der Waals surface area contributed by atoms with E-state index >= 15 is 0 Å². The summed E-state index contributed by atoms with van der Waals surface area (Å²) in [5, 5.41) is 19.6. The third-order valence-corrected chi connectivity index (χ3v) is 7.21. The number of aromatic nitrogens is 5. The maximum atomic E-state index is 9.74. The number of hydrogen-bond donors (Lipinski definition) is 0. The van der Waals surface area contributed by atoms with Crippen LogP contribution in [0.1, 0.15) is 25.2 Å². The summed E-state index contributed by atoms with van der Waals surface area (Å²) in [5.41, 5.74) is 1.70. The van der Waals surface area contributed by atoms with Crippen molar-refractivity contribution in [3.05, 3.63) is 53.1 Å². The lowest BCUT2D eigenvalue weighted by Gasteiger charge is -2.60. The number of benzene rings is 1. The second-order valence-corrected chi connectivity index (χ2v) is 10.2.